The topological polar surface area (TPSA) is 112 Å². The van der Waals surface area contributed by atoms with Crippen molar-refractivity contribution < 1.29 is 14.3 Å². The van der Waals surface area contributed by atoms with Crippen LogP contribution < -0.4 is 20.5 Å². The lowest BCUT2D eigenvalue weighted by Crippen LogP contribution is -2.12. The number of nitrogens with zero attached hydrogens (tertiary/aromatic N) is 3. The second-order valence-electron chi connectivity index (χ2n) is 9.30. The predicted octanol–water partition coefficient (Wildman–Crippen LogP) is 6.80. The van der Waals surface area contributed by atoms with Crippen LogP contribution in [-0.2, 0) is 0 Å². The number of amides is 1. The van der Waals surface area contributed by atoms with E-state index in [1.54, 1.807) is 24.4 Å². The summed E-state index contributed by atoms with van der Waals surface area (Å²) in [4.78, 5) is 16.3. The molecule has 196 valence electrons. The number of hydrogen-bond donors (Lipinski definition) is 2. The highest BCUT2D eigenvalue weighted by molar-refractivity contribution is 6.02. The maximum atomic E-state index is 11.9. The lowest BCUT2D eigenvalue weighted by atomic mass is 10.0. The van der Waals surface area contributed by atoms with Gasteiger partial charge >= 0.3 is 0 Å². The zero-order valence-corrected chi connectivity index (χ0v) is 21.9. The third kappa shape index (κ3) is 4.74. The molecule has 1 amide bonds. The largest absolute Gasteiger partial charge is 0.496 e. The molecule has 0 unspecified atom stereocenters. The summed E-state index contributed by atoms with van der Waals surface area (Å²) in [5.74, 6) is 1.59. The average molecular weight is 528 g/mol. The molecule has 0 aliphatic rings. The number of aryl methyl sites for hydroxylation is 1. The highest BCUT2D eigenvalue weighted by atomic mass is 16.5. The summed E-state index contributed by atoms with van der Waals surface area (Å²) in [6.45, 7) is 2.06. The highest BCUT2D eigenvalue weighted by Crippen LogP contribution is 2.35. The number of hydrogen-bond acceptors (Lipinski definition) is 7. The Morgan fingerprint density at radius 3 is 2.30 bits per heavy atom. The van der Waals surface area contributed by atoms with E-state index in [1.165, 1.54) is 12.7 Å². The molecule has 0 aliphatic heterocycles. The molecule has 2 aromatic heterocycles. The van der Waals surface area contributed by atoms with Gasteiger partial charge in [0.2, 0.25) is 0 Å². The molecular weight excluding hydrogens is 502 g/mol. The smallest absolute Gasteiger partial charge is 0.252 e. The van der Waals surface area contributed by atoms with E-state index in [-0.39, 0.29) is 5.56 Å². The Hall–Kier alpha value is -5.50. The Balaban J connectivity index is 1.27. The van der Waals surface area contributed by atoms with Crippen molar-refractivity contribution in [1.82, 2.24) is 15.2 Å². The second-order valence-corrected chi connectivity index (χ2v) is 9.30. The van der Waals surface area contributed by atoms with Crippen LogP contribution in [0.5, 0.6) is 17.2 Å². The van der Waals surface area contributed by atoms with Crippen molar-refractivity contribution in [2.45, 2.75) is 6.92 Å². The maximum absolute atomic E-state index is 11.9. The Morgan fingerprint density at radius 1 is 0.825 bits per heavy atom. The molecule has 4 aromatic carbocycles. The first kappa shape index (κ1) is 24.8. The molecule has 2 heterocycles. The first-order chi connectivity index (χ1) is 19.5. The first-order valence-electron chi connectivity index (χ1n) is 12.6. The quantitative estimate of drug-likeness (QED) is 0.235. The molecule has 0 fully saturated rings. The number of carbonyl (C=O) groups excluding carboxylic acids is 1. The van der Waals surface area contributed by atoms with E-state index in [4.69, 9.17) is 15.2 Å². The fourth-order valence-electron chi connectivity index (χ4n) is 4.59. The van der Waals surface area contributed by atoms with Gasteiger partial charge in [-0.2, -0.15) is 0 Å². The van der Waals surface area contributed by atoms with Crippen molar-refractivity contribution in [3.8, 4) is 28.5 Å². The van der Waals surface area contributed by atoms with Gasteiger partial charge in [-0.05, 0) is 43.3 Å². The molecule has 0 aliphatic carbocycles. The lowest BCUT2D eigenvalue weighted by molar-refractivity contribution is 0.0997. The molecule has 3 N–H and O–H groups in total. The normalized spacial score (nSPS) is 10.9. The van der Waals surface area contributed by atoms with Crippen molar-refractivity contribution in [3.63, 3.8) is 0 Å². The first-order valence-corrected chi connectivity index (χ1v) is 12.6. The molecular formula is C32H25N5O3. The van der Waals surface area contributed by atoms with E-state index >= 15 is 0 Å². The van der Waals surface area contributed by atoms with Gasteiger partial charge in [0.25, 0.3) is 5.91 Å². The van der Waals surface area contributed by atoms with Crippen LogP contribution in [-0.4, -0.2) is 28.2 Å². The van der Waals surface area contributed by atoms with E-state index in [0.717, 1.165) is 27.7 Å². The summed E-state index contributed by atoms with van der Waals surface area (Å²) in [7, 11) is 1.48. The Morgan fingerprint density at radius 2 is 1.57 bits per heavy atom. The van der Waals surface area contributed by atoms with Gasteiger partial charge in [0.15, 0.2) is 5.82 Å². The monoisotopic (exact) mass is 527 g/mol. The number of nitrogens with one attached hydrogen (secondary N) is 1. The molecule has 0 spiro atoms. The maximum Gasteiger partial charge on any atom is 0.252 e. The third-order valence-electron chi connectivity index (χ3n) is 6.65. The third-order valence-corrected chi connectivity index (χ3v) is 6.65. The number of methoxy groups -OCH3 is 1. The fraction of sp³-hybridized carbons (Fsp3) is 0.0625. The van der Waals surface area contributed by atoms with E-state index < -0.39 is 5.91 Å². The summed E-state index contributed by atoms with van der Waals surface area (Å²) >= 11 is 0. The number of pyridine rings is 1. The standard InChI is InChI=1S/C32H25N5O3/c1-19-7-9-20(10-8-19)30-23-5-3-4-6-24(23)32(37-36-30)35-21-11-13-22(14-12-21)40-28-15-16-34-27-18-29(39-2)26(31(33)38)17-25(27)28/h3-18H,1-2H3,(H2,33,38)(H,35,37). The summed E-state index contributed by atoms with van der Waals surface area (Å²) in [6, 6.07) is 28.9. The number of rotatable bonds is 7. The van der Waals surface area contributed by atoms with Gasteiger partial charge in [-0.15, -0.1) is 10.2 Å². The zero-order chi connectivity index (χ0) is 27.6. The van der Waals surface area contributed by atoms with E-state index in [2.05, 4.69) is 57.8 Å². The number of ether oxygens (including phenoxy) is 2. The average Bonchev–Trinajstić information content (AvgIpc) is 2.98. The number of nitrogens with two attached hydrogens (primary N) is 1. The van der Waals surface area contributed by atoms with Crippen LogP contribution >= 0.6 is 0 Å². The molecule has 6 rings (SSSR count). The lowest BCUT2D eigenvalue weighted by Gasteiger charge is -2.13. The van der Waals surface area contributed by atoms with Crippen LogP contribution in [0.15, 0.2) is 97.2 Å². The van der Waals surface area contributed by atoms with Crippen molar-refractivity contribution in [1.29, 1.82) is 0 Å². The number of benzene rings is 4. The molecule has 8 heteroatoms. The number of carbonyl (C=O) groups is 1. The molecule has 0 saturated heterocycles. The van der Waals surface area contributed by atoms with Gasteiger partial charge in [-0.25, -0.2) is 0 Å². The fourth-order valence-corrected chi connectivity index (χ4v) is 4.59. The zero-order valence-electron chi connectivity index (χ0n) is 21.9. The summed E-state index contributed by atoms with van der Waals surface area (Å²) < 4.78 is 11.5. The van der Waals surface area contributed by atoms with Crippen molar-refractivity contribution in [2.24, 2.45) is 5.73 Å². The minimum Gasteiger partial charge on any atom is -0.496 e. The molecule has 8 nitrogen and oxygen atoms in total. The summed E-state index contributed by atoms with van der Waals surface area (Å²) in [5, 5.41) is 15.1. The SMILES string of the molecule is COc1cc2nccc(Oc3ccc(Nc4nnc(-c5ccc(C)cc5)c5ccccc45)cc3)c2cc1C(N)=O. The van der Waals surface area contributed by atoms with Crippen LogP contribution in [0, 0.1) is 6.92 Å². The van der Waals surface area contributed by atoms with Crippen molar-refractivity contribution in [3.05, 3.63) is 108 Å². The number of anilines is 2. The second kappa shape index (κ2) is 10.3. The van der Waals surface area contributed by atoms with Crippen LogP contribution in [0.2, 0.25) is 0 Å². The Kier molecular flexibility index (Phi) is 6.41. The van der Waals surface area contributed by atoms with Crippen LogP contribution in [0.4, 0.5) is 11.5 Å². The van der Waals surface area contributed by atoms with E-state index in [0.29, 0.717) is 34.0 Å². The summed E-state index contributed by atoms with van der Waals surface area (Å²) in [6.07, 6.45) is 1.64. The number of primary amides is 1. The summed E-state index contributed by atoms with van der Waals surface area (Å²) in [5.41, 5.74) is 10.3. The van der Waals surface area contributed by atoms with Gasteiger partial charge in [0, 0.05) is 39.7 Å². The number of fused-ring (bicyclic) bond motifs is 2. The van der Waals surface area contributed by atoms with Crippen LogP contribution in [0.1, 0.15) is 15.9 Å². The predicted molar refractivity (Wildman–Crippen MR) is 156 cm³/mol. The molecule has 6 aromatic rings. The Bertz CT molecular complexity index is 1870. The molecule has 0 saturated carbocycles. The van der Waals surface area contributed by atoms with E-state index in [1.807, 2.05) is 42.5 Å². The van der Waals surface area contributed by atoms with Crippen molar-refractivity contribution in [2.75, 3.05) is 12.4 Å². The molecule has 0 radical (unpaired) electrons. The Labute approximate surface area is 230 Å². The van der Waals surface area contributed by atoms with Gasteiger partial charge < -0.3 is 20.5 Å². The van der Waals surface area contributed by atoms with Crippen LogP contribution in [0.3, 0.4) is 0 Å². The van der Waals surface area contributed by atoms with Gasteiger partial charge in [0.05, 0.1) is 18.2 Å². The van der Waals surface area contributed by atoms with Gasteiger partial charge in [0.1, 0.15) is 22.9 Å². The number of aromatic nitrogens is 3. The highest BCUT2D eigenvalue weighted by Gasteiger charge is 2.15. The van der Waals surface area contributed by atoms with Gasteiger partial charge in [-0.1, -0.05) is 54.1 Å². The van der Waals surface area contributed by atoms with Gasteiger partial charge in [-0.3, -0.25) is 9.78 Å². The minimum absolute atomic E-state index is 0.258. The molecule has 40 heavy (non-hydrogen) atoms. The molecule has 0 atom stereocenters. The minimum atomic E-state index is -0.591. The van der Waals surface area contributed by atoms with Crippen molar-refractivity contribution >= 4 is 39.1 Å². The van der Waals surface area contributed by atoms with Crippen LogP contribution in [0.25, 0.3) is 32.9 Å². The molecule has 0 bridgehead atoms. The van der Waals surface area contributed by atoms with E-state index in [9.17, 15) is 4.79 Å².